The number of esters is 1. The topological polar surface area (TPSA) is 86.5 Å². The van der Waals surface area contributed by atoms with Crippen molar-refractivity contribution < 1.29 is 14.3 Å². The third-order valence-electron chi connectivity index (χ3n) is 2.41. The molecular weight excluding hydrogens is 246 g/mol. The van der Waals surface area contributed by atoms with E-state index in [1.165, 1.54) is 6.07 Å². The van der Waals surface area contributed by atoms with Crippen LogP contribution in [0.4, 0.5) is 11.5 Å². The number of nitrogens with two attached hydrogens (primary N) is 1. The van der Waals surface area contributed by atoms with Crippen LogP contribution >= 0.6 is 0 Å². The van der Waals surface area contributed by atoms with E-state index in [0.29, 0.717) is 43.4 Å². The highest BCUT2D eigenvalue weighted by Gasteiger charge is 2.13. The van der Waals surface area contributed by atoms with Gasteiger partial charge in [-0.15, -0.1) is 0 Å². The molecule has 0 fully saturated rings. The smallest absolute Gasteiger partial charge is 0.340 e. The van der Waals surface area contributed by atoms with Crippen LogP contribution in [0.5, 0.6) is 0 Å². The Morgan fingerprint density at radius 3 is 2.89 bits per heavy atom. The van der Waals surface area contributed by atoms with Gasteiger partial charge in [0.2, 0.25) is 0 Å². The van der Waals surface area contributed by atoms with Gasteiger partial charge in [-0.3, -0.25) is 0 Å². The molecule has 1 heterocycles. The number of nitrogens with one attached hydrogen (secondary N) is 1. The molecule has 0 saturated heterocycles. The van der Waals surface area contributed by atoms with Crippen LogP contribution in [0.2, 0.25) is 0 Å². The minimum atomic E-state index is -0.399. The highest BCUT2D eigenvalue weighted by Crippen LogP contribution is 2.17. The first-order chi connectivity index (χ1) is 9.19. The molecule has 1 rings (SSSR count). The molecule has 1 aromatic rings. The maximum absolute atomic E-state index is 11.8. The number of pyridine rings is 1. The second kappa shape index (κ2) is 8.31. The van der Waals surface area contributed by atoms with E-state index in [-0.39, 0.29) is 0 Å². The van der Waals surface area contributed by atoms with Crippen LogP contribution in [0, 0.1) is 0 Å². The molecule has 0 amide bonds. The quantitative estimate of drug-likeness (QED) is 0.550. The number of anilines is 2. The SMILES string of the molecule is CCOCCCNc1cnc(N)cc1C(=O)OCC. The number of carbonyl (C=O) groups excluding carboxylic acids is 1. The first-order valence-electron chi connectivity index (χ1n) is 6.43. The fourth-order valence-electron chi connectivity index (χ4n) is 1.53. The summed E-state index contributed by atoms with van der Waals surface area (Å²) in [4.78, 5) is 15.8. The second-order valence-electron chi connectivity index (χ2n) is 3.85. The van der Waals surface area contributed by atoms with Crippen molar-refractivity contribution in [2.24, 2.45) is 0 Å². The number of carbonyl (C=O) groups is 1. The molecule has 0 unspecified atom stereocenters. The molecule has 6 nitrogen and oxygen atoms in total. The fraction of sp³-hybridized carbons (Fsp3) is 0.538. The monoisotopic (exact) mass is 267 g/mol. The summed E-state index contributed by atoms with van der Waals surface area (Å²) in [6.45, 7) is 6.12. The Labute approximate surface area is 113 Å². The highest BCUT2D eigenvalue weighted by atomic mass is 16.5. The number of hydrogen-bond acceptors (Lipinski definition) is 6. The van der Waals surface area contributed by atoms with Crippen molar-refractivity contribution in [1.29, 1.82) is 0 Å². The maximum Gasteiger partial charge on any atom is 0.340 e. The maximum atomic E-state index is 11.8. The predicted octanol–water partition coefficient (Wildman–Crippen LogP) is 1.68. The first-order valence-corrected chi connectivity index (χ1v) is 6.43. The summed E-state index contributed by atoms with van der Waals surface area (Å²) >= 11 is 0. The van der Waals surface area contributed by atoms with E-state index in [1.807, 2.05) is 6.92 Å². The van der Waals surface area contributed by atoms with E-state index >= 15 is 0 Å². The van der Waals surface area contributed by atoms with Gasteiger partial charge in [-0.1, -0.05) is 0 Å². The van der Waals surface area contributed by atoms with E-state index < -0.39 is 5.97 Å². The van der Waals surface area contributed by atoms with Crippen LogP contribution in [0.1, 0.15) is 30.6 Å². The molecule has 0 atom stereocenters. The Morgan fingerprint density at radius 2 is 2.21 bits per heavy atom. The van der Waals surface area contributed by atoms with Gasteiger partial charge in [0, 0.05) is 19.8 Å². The van der Waals surface area contributed by atoms with E-state index in [2.05, 4.69) is 10.3 Å². The van der Waals surface area contributed by atoms with E-state index in [1.54, 1.807) is 13.1 Å². The zero-order valence-corrected chi connectivity index (χ0v) is 11.4. The number of aromatic nitrogens is 1. The van der Waals surface area contributed by atoms with Crippen LogP contribution < -0.4 is 11.1 Å². The van der Waals surface area contributed by atoms with Crippen molar-refractivity contribution in [2.45, 2.75) is 20.3 Å². The van der Waals surface area contributed by atoms with Crippen molar-refractivity contribution in [1.82, 2.24) is 4.98 Å². The Kier molecular flexibility index (Phi) is 6.67. The van der Waals surface area contributed by atoms with E-state index in [9.17, 15) is 4.79 Å². The number of hydrogen-bond donors (Lipinski definition) is 2. The summed E-state index contributed by atoms with van der Waals surface area (Å²) in [5, 5.41) is 3.14. The van der Waals surface area contributed by atoms with Gasteiger partial charge < -0.3 is 20.5 Å². The summed E-state index contributed by atoms with van der Waals surface area (Å²) in [6.07, 6.45) is 2.39. The number of rotatable bonds is 8. The van der Waals surface area contributed by atoms with Gasteiger partial charge in [0.25, 0.3) is 0 Å². The molecule has 0 radical (unpaired) electrons. The molecule has 0 aromatic carbocycles. The lowest BCUT2D eigenvalue weighted by Crippen LogP contribution is -2.13. The third-order valence-corrected chi connectivity index (χ3v) is 2.41. The van der Waals surface area contributed by atoms with Gasteiger partial charge in [0.05, 0.1) is 24.1 Å². The molecule has 6 heteroatoms. The van der Waals surface area contributed by atoms with E-state index in [0.717, 1.165) is 6.42 Å². The summed E-state index contributed by atoms with van der Waals surface area (Å²) < 4.78 is 10.2. The summed E-state index contributed by atoms with van der Waals surface area (Å²) in [5.41, 5.74) is 6.63. The summed E-state index contributed by atoms with van der Waals surface area (Å²) in [6, 6.07) is 1.52. The van der Waals surface area contributed by atoms with Gasteiger partial charge in [-0.05, 0) is 26.3 Å². The Morgan fingerprint density at radius 1 is 1.42 bits per heavy atom. The second-order valence-corrected chi connectivity index (χ2v) is 3.85. The highest BCUT2D eigenvalue weighted by molar-refractivity contribution is 5.96. The van der Waals surface area contributed by atoms with Gasteiger partial charge in [0.1, 0.15) is 5.82 Å². The molecule has 0 saturated carbocycles. The number of ether oxygens (including phenoxy) is 2. The van der Waals surface area contributed by atoms with Crippen molar-refractivity contribution in [3.05, 3.63) is 17.8 Å². The molecule has 19 heavy (non-hydrogen) atoms. The van der Waals surface area contributed by atoms with Gasteiger partial charge in [-0.2, -0.15) is 0 Å². The summed E-state index contributed by atoms with van der Waals surface area (Å²) in [7, 11) is 0. The predicted molar refractivity (Wildman–Crippen MR) is 74.2 cm³/mol. The lowest BCUT2D eigenvalue weighted by atomic mass is 10.2. The van der Waals surface area contributed by atoms with Crippen molar-refractivity contribution in [3.8, 4) is 0 Å². The fourth-order valence-corrected chi connectivity index (χ4v) is 1.53. The average molecular weight is 267 g/mol. The van der Waals surface area contributed by atoms with Crippen LogP contribution in [-0.4, -0.2) is 37.3 Å². The average Bonchev–Trinajstić information content (AvgIpc) is 2.40. The molecule has 106 valence electrons. The number of nitrogen functional groups attached to an aromatic ring is 1. The van der Waals surface area contributed by atoms with Crippen LogP contribution in [-0.2, 0) is 9.47 Å². The zero-order chi connectivity index (χ0) is 14.1. The van der Waals surface area contributed by atoms with Crippen LogP contribution in [0.25, 0.3) is 0 Å². The molecule has 1 aromatic heterocycles. The zero-order valence-electron chi connectivity index (χ0n) is 11.4. The minimum Gasteiger partial charge on any atom is -0.462 e. The largest absolute Gasteiger partial charge is 0.462 e. The Hall–Kier alpha value is -1.82. The standard InChI is InChI=1S/C13H21N3O3/c1-3-18-7-5-6-15-11-9-16-12(14)8-10(11)13(17)19-4-2/h8-9,15H,3-7H2,1-2H3,(H2,14,16). The Bertz CT molecular complexity index is 410. The number of nitrogens with zero attached hydrogens (tertiary/aromatic N) is 1. The lowest BCUT2D eigenvalue weighted by Gasteiger charge is -2.11. The molecule has 0 aliphatic heterocycles. The van der Waals surface area contributed by atoms with E-state index in [4.69, 9.17) is 15.2 Å². The minimum absolute atomic E-state index is 0.294. The van der Waals surface area contributed by atoms with Crippen LogP contribution in [0.3, 0.4) is 0 Å². The third kappa shape index (κ3) is 5.13. The molecule has 0 spiro atoms. The molecule has 0 aliphatic carbocycles. The first kappa shape index (κ1) is 15.2. The van der Waals surface area contributed by atoms with Gasteiger partial charge in [0.15, 0.2) is 0 Å². The summed E-state index contributed by atoms with van der Waals surface area (Å²) in [5.74, 6) is -0.105. The molecular formula is C13H21N3O3. The van der Waals surface area contributed by atoms with Crippen LogP contribution in [0.15, 0.2) is 12.3 Å². The van der Waals surface area contributed by atoms with Gasteiger partial charge in [-0.25, -0.2) is 9.78 Å². The normalized spacial score (nSPS) is 10.2. The molecule has 0 aliphatic rings. The van der Waals surface area contributed by atoms with Crippen molar-refractivity contribution in [2.75, 3.05) is 37.4 Å². The molecule has 0 bridgehead atoms. The Balaban J connectivity index is 2.63. The lowest BCUT2D eigenvalue weighted by molar-refractivity contribution is 0.0527. The van der Waals surface area contributed by atoms with Crippen molar-refractivity contribution in [3.63, 3.8) is 0 Å². The molecule has 3 N–H and O–H groups in total. The van der Waals surface area contributed by atoms with Gasteiger partial charge >= 0.3 is 5.97 Å². The van der Waals surface area contributed by atoms with Crippen molar-refractivity contribution >= 4 is 17.5 Å².